The first kappa shape index (κ1) is 10.0. The van der Waals surface area contributed by atoms with Crippen molar-refractivity contribution in [3.63, 3.8) is 0 Å². The Morgan fingerprint density at radius 2 is 1.17 bits per heavy atom. The minimum absolute atomic E-state index is 0.875. The van der Waals surface area contributed by atoms with E-state index in [9.17, 15) is 0 Å². The molecule has 10 aliphatic heterocycles. The molecule has 0 saturated carbocycles. The van der Waals surface area contributed by atoms with Gasteiger partial charge in [0, 0.05) is 0 Å². The third kappa shape index (κ3) is 0.120. The number of rotatable bonds is 3. The van der Waals surface area contributed by atoms with Crippen LogP contribution in [-0.4, -0.2) is 0 Å². The molecule has 10 heterocycles. The van der Waals surface area contributed by atoms with Crippen LogP contribution in [0.15, 0.2) is 30.3 Å². The molecule has 0 bridgehead atoms. The molecule has 4 atom stereocenters. The maximum atomic E-state index is 2.67. The molecule has 0 nitrogen and oxygen atoms in total. The summed E-state index contributed by atoms with van der Waals surface area (Å²) in [4.78, 5) is 9.57. The van der Waals surface area contributed by atoms with Crippen LogP contribution in [0.3, 0.4) is 0 Å². The Bertz CT molecular complexity index is 1250. The van der Waals surface area contributed by atoms with Crippen molar-refractivity contribution in [3.8, 4) is 0 Å². The molecule has 0 radical (unpaired) electrons. The van der Waals surface area contributed by atoms with Gasteiger partial charge in [-0.2, -0.15) is 0 Å². The van der Waals surface area contributed by atoms with E-state index in [1.54, 1.807) is 0 Å². The van der Waals surface area contributed by atoms with Crippen molar-refractivity contribution in [1.29, 1.82) is 0 Å². The summed E-state index contributed by atoms with van der Waals surface area (Å²) < 4.78 is 2.83. The SMILES string of the molecule is CC(C)[C]12[CH]3[C]4(c5ccccc5)[CH]5[C]1(C(C)C)[Fe]35421678[CH]2[CH]1[CH]6[CH]7[CH]28. The van der Waals surface area contributed by atoms with Gasteiger partial charge in [0.25, 0.3) is 0 Å². The topological polar surface area (TPSA) is 0 Å². The van der Waals surface area contributed by atoms with Crippen LogP contribution in [0.2, 0.25) is 42.3 Å². The van der Waals surface area contributed by atoms with E-state index in [1.807, 2.05) is 5.56 Å². The predicted octanol–water partition coefficient (Wildman–Crippen LogP) is 6.53. The fraction of sp³-hybridized carbons (Fsp3) is 0.727. The van der Waals surface area contributed by atoms with Crippen LogP contribution in [0.25, 0.3) is 0 Å². The molecule has 11 rings (SSSR count). The number of benzene rings is 1. The Balaban J connectivity index is 1.51. The Morgan fingerprint density at radius 1 is 0.739 bits per heavy atom. The number of fused-ring (bicyclic) bond motifs is 10. The molecular weight excluding hydrogens is 320 g/mol. The first-order valence-electron chi connectivity index (χ1n) is 10.1. The van der Waals surface area contributed by atoms with Gasteiger partial charge in [-0.3, -0.25) is 0 Å². The summed E-state index contributed by atoms with van der Waals surface area (Å²) in [6, 6.07) is 12.2. The first-order valence-corrected chi connectivity index (χ1v) is 16.2. The minimum atomic E-state index is -3.42. The average Bonchev–Trinajstić information content (AvgIpc) is 3.47. The molecule has 0 aromatic heterocycles. The zero-order valence-electron chi connectivity index (χ0n) is 14.4. The molecule has 0 aliphatic carbocycles. The van der Waals surface area contributed by atoms with Crippen LogP contribution in [0.5, 0.6) is 0 Å². The van der Waals surface area contributed by atoms with Crippen LogP contribution in [0.1, 0.15) is 33.3 Å². The zero-order chi connectivity index (χ0) is 15.1. The second-order valence-corrected chi connectivity index (χ2v) is 36.6. The summed E-state index contributed by atoms with van der Waals surface area (Å²) in [5.74, 6) is 2.02. The van der Waals surface area contributed by atoms with E-state index < -0.39 is 6.51 Å². The fourth-order valence-corrected chi connectivity index (χ4v) is 105. The Kier molecular flexibility index (Phi) is 0.427. The van der Waals surface area contributed by atoms with E-state index >= 15 is 0 Å². The van der Waals surface area contributed by atoms with Crippen LogP contribution in [0.4, 0.5) is 0 Å². The second kappa shape index (κ2) is 0.979. The third-order valence-corrected chi connectivity index (χ3v) is 62.5. The number of hydrogen-bond acceptors (Lipinski definition) is 0. The van der Waals surface area contributed by atoms with Crippen molar-refractivity contribution < 1.29 is 6.51 Å². The zero-order valence-corrected chi connectivity index (χ0v) is 15.5. The molecule has 122 valence electrons. The maximum absolute atomic E-state index is 3.42. The summed E-state index contributed by atoms with van der Waals surface area (Å²) in [5, 5.41) is 0. The van der Waals surface area contributed by atoms with Crippen LogP contribution in [-0.2, 0) is 10.8 Å². The van der Waals surface area contributed by atoms with Gasteiger partial charge in [-0.15, -0.1) is 0 Å². The van der Waals surface area contributed by atoms with Crippen LogP contribution >= 0.6 is 0 Å². The van der Waals surface area contributed by atoms with Gasteiger partial charge in [0.05, 0.1) is 0 Å². The molecular formula is C22H26Fe. The van der Waals surface area contributed by atoms with Gasteiger partial charge >= 0.3 is 129 Å². The van der Waals surface area contributed by atoms with E-state index in [0.717, 1.165) is 24.8 Å². The van der Waals surface area contributed by atoms with Crippen LogP contribution < -0.4 is 0 Å². The normalized spacial score (nSPS) is 98.1. The molecule has 23 heavy (non-hydrogen) atoms. The van der Waals surface area contributed by atoms with E-state index in [1.165, 1.54) is 33.7 Å². The standard InChI is InChI=1S/C17H21.C5H5.Fe/c1-12(2)16-10-15(11-17(16)13(3)4)14-8-6-5-7-9-14;1-2-4-5-3-1;/h5-13H,1-4H3;1-5H;. The van der Waals surface area contributed by atoms with Gasteiger partial charge in [-0.1, -0.05) is 0 Å². The monoisotopic (exact) mass is 346 g/mol. The molecule has 1 aromatic carbocycles. The van der Waals surface area contributed by atoms with Crippen molar-refractivity contribution in [2.75, 3.05) is 0 Å². The van der Waals surface area contributed by atoms with Gasteiger partial charge in [0.2, 0.25) is 0 Å². The van der Waals surface area contributed by atoms with Gasteiger partial charge < -0.3 is 0 Å². The summed E-state index contributed by atoms with van der Waals surface area (Å²) in [7, 11) is 0. The molecule has 0 amide bonds. The summed E-state index contributed by atoms with van der Waals surface area (Å²) >= 11 is 0. The van der Waals surface area contributed by atoms with Crippen molar-refractivity contribution >= 4 is 0 Å². The fourth-order valence-electron chi connectivity index (χ4n) is 22.2. The van der Waals surface area contributed by atoms with Crippen LogP contribution in [0, 0.1) is 11.8 Å². The van der Waals surface area contributed by atoms with E-state index in [2.05, 4.69) is 58.0 Å². The predicted molar refractivity (Wildman–Crippen MR) is 89.4 cm³/mol. The molecule has 4 unspecified atom stereocenters. The summed E-state index contributed by atoms with van der Waals surface area (Å²) in [5.41, 5.74) is 1.88. The molecule has 1 aromatic rings. The van der Waals surface area contributed by atoms with Crippen molar-refractivity contribution in [1.82, 2.24) is 0 Å². The van der Waals surface area contributed by atoms with Crippen molar-refractivity contribution in [2.24, 2.45) is 11.8 Å². The first-order chi connectivity index (χ1) is 10.8. The molecule has 10 aliphatic rings. The Hall–Kier alpha value is -0.261. The Morgan fingerprint density at radius 3 is 1.52 bits per heavy atom. The number of hydrogen-bond donors (Lipinski definition) is 0. The van der Waals surface area contributed by atoms with E-state index in [4.69, 9.17) is 0 Å². The van der Waals surface area contributed by atoms with Gasteiger partial charge in [-0.05, 0) is 0 Å². The molecule has 10 fully saturated rings. The van der Waals surface area contributed by atoms with Gasteiger partial charge in [0.1, 0.15) is 0 Å². The van der Waals surface area contributed by atoms with E-state index in [-0.39, 0.29) is 0 Å². The summed E-state index contributed by atoms with van der Waals surface area (Å²) in [6.07, 6.45) is 0. The third-order valence-electron chi connectivity index (χ3n) is 18.1. The van der Waals surface area contributed by atoms with Gasteiger partial charge in [-0.25, -0.2) is 0 Å². The van der Waals surface area contributed by atoms with E-state index in [0.29, 0.717) is 0 Å². The second-order valence-electron chi connectivity index (χ2n) is 13.6. The molecule has 0 N–H and O–H groups in total. The summed E-state index contributed by atoms with van der Waals surface area (Å²) in [6.45, 7) is 7.26. The molecule has 10 saturated heterocycles. The van der Waals surface area contributed by atoms with Crippen molar-refractivity contribution in [2.45, 2.75) is 74.3 Å². The average molecular weight is 346 g/mol. The van der Waals surface area contributed by atoms with Crippen molar-refractivity contribution in [3.05, 3.63) is 35.9 Å². The molecule has 1 heteroatoms. The quantitative estimate of drug-likeness (QED) is 0.546. The van der Waals surface area contributed by atoms with Gasteiger partial charge in [0.15, 0.2) is 0 Å². The Labute approximate surface area is 128 Å². The molecule has 1 spiro atoms.